The van der Waals surface area contributed by atoms with Gasteiger partial charge < -0.3 is 4.74 Å². The highest BCUT2D eigenvalue weighted by Gasteiger charge is 2.17. The molecule has 0 saturated carbocycles. The molecule has 17 heavy (non-hydrogen) atoms. The topological polar surface area (TPSA) is 101 Å². The molecule has 0 aromatic heterocycles. The van der Waals surface area contributed by atoms with Crippen LogP contribution in [0.15, 0.2) is 27.8 Å². The number of benzene rings is 1. The van der Waals surface area contributed by atoms with Crippen molar-refractivity contribution in [2.45, 2.75) is 6.42 Å². The Hall–Kier alpha value is -1.79. The highest BCUT2D eigenvalue weighted by Crippen LogP contribution is 2.34. The summed E-state index contributed by atoms with van der Waals surface area (Å²) in [7, 11) is 0. The van der Waals surface area contributed by atoms with Gasteiger partial charge in [-0.25, -0.2) is 0 Å². The number of azide groups is 1. The van der Waals surface area contributed by atoms with Crippen molar-refractivity contribution in [3.63, 3.8) is 0 Å². The van der Waals surface area contributed by atoms with Crippen LogP contribution in [0.1, 0.15) is 6.42 Å². The van der Waals surface area contributed by atoms with Crippen molar-refractivity contribution in [1.82, 2.24) is 0 Å². The van der Waals surface area contributed by atoms with Crippen molar-refractivity contribution in [1.29, 1.82) is 0 Å². The number of nitro groups is 1. The second-order valence-corrected chi connectivity index (χ2v) is 3.86. The summed E-state index contributed by atoms with van der Waals surface area (Å²) in [5, 5.41) is 14.1. The average Bonchev–Trinajstić information content (AvgIpc) is 2.30. The zero-order chi connectivity index (χ0) is 12.7. The van der Waals surface area contributed by atoms with E-state index in [1.54, 1.807) is 12.1 Å². The summed E-state index contributed by atoms with van der Waals surface area (Å²) in [6.07, 6.45) is 0.503. The summed E-state index contributed by atoms with van der Waals surface area (Å²) >= 11 is 3.19. The molecule has 1 aromatic rings. The first kappa shape index (κ1) is 13.3. The molecule has 0 aliphatic carbocycles. The highest BCUT2D eigenvalue weighted by atomic mass is 79.9. The van der Waals surface area contributed by atoms with Crippen LogP contribution >= 0.6 is 15.9 Å². The molecule has 0 bridgehead atoms. The van der Waals surface area contributed by atoms with Crippen LogP contribution in [0.3, 0.4) is 0 Å². The first-order valence-electron chi connectivity index (χ1n) is 4.73. The van der Waals surface area contributed by atoms with Crippen molar-refractivity contribution >= 4 is 21.6 Å². The molecule has 0 spiro atoms. The van der Waals surface area contributed by atoms with E-state index in [0.29, 0.717) is 17.4 Å². The Morgan fingerprint density at radius 2 is 2.35 bits per heavy atom. The Bertz CT molecular complexity index is 460. The molecule has 0 atom stereocenters. The fraction of sp³-hybridized carbons (Fsp3) is 0.333. The van der Waals surface area contributed by atoms with Crippen LogP contribution in [0.25, 0.3) is 10.4 Å². The number of nitrogens with zero attached hydrogens (tertiary/aromatic N) is 4. The molecule has 0 heterocycles. The predicted octanol–water partition coefficient (Wildman–Crippen LogP) is 3.44. The van der Waals surface area contributed by atoms with Gasteiger partial charge in [-0.2, -0.15) is 0 Å². The molecule has 7 nitrogen and oxygen atoms in total. The van der Waals surface area contributed by atoms with E-state index in [2.05, 4.69) is 26.0 Å². The Labute approximate surface area is 105 Å². The summed E-state index contributed by atoms with van der Waals surface area (Å²) < 4.78 is 5.83. The van der Waals surface area contributed by atoms with Gasteiger partial charge in [0.2, 0.25) is 5.75 Å². The van der Waals surface area contributed by atoms with E-state index in [9.17, 15) is 10.1 Å². The minimum atomic E-state index is -0.506. The lowest BCUT2D eigenvalue weighted by atomic mass is 10.3. The Balaban J connectivity index is 2.69. The summed E-state index contributed by atoms with van der Waals surface area (Å²) in [5.41, 5.74) is 7.97. The van der Waals surface area contributed by atoms with E-state index in [0.717, 1.165) is 0 Å². The van der Waals surface area contributed by atoms with Crippen molar-refractivity contribution in [2.75, 3.05) is 13.2 Å². The van der Waals surface area contributed by atoms with E-state index >= 15 is 0 Å². The van der Waals surface area contributed by atoms with E-state index in [1.165, 1.54) is 6.07 Å². The molecule has 0 fully saturated rings. The van der Waals surface area contributed by atoms with Gasteiger partial charge in [0.05, 0.1) is 16.0 Å². The van der Waals surface area contributed by atoms with Crippen LogP contribution in [-0.4, -0.2) is 18.1 Å². The fourth-order valence-electron chi connectivity index (χ4n) is 1.14. The maximum Gasteiger partial charge on any atom is 0.312 e. The van der Waals surface area contributed by atoms with Crippen LogP contribution in [-0.2, 0) is 0 Å². The van der Waals surface area contributed by atoms with E-state index in [-0.39, 0.29) is 18.0 Å². The van der Waals surface area contributed by atoms with Crippen LogP contribution in [0.4, 0.5) is 5.69 Å². The largest absolute Gasteiger partial charge is 0.486 e. The number of halogens is 1. The first-order chi connectivity index (χ1) is 8.16. The minimum absolute atomic E-state index is 0.0943. The number of hydrogen-bond acceptors (Lipinski definition) is 4. The van der Waals surface area contributed by atoms with Gasteiger partial charge in [0.25, 0.3) is 0 Å². The van der Waals surface area contributed by atoms with Gasteiger partial charge in [-0.05, 0) is 33.9 Å². The quantitative estimate of drug-likeness (QED) is 0.201. The SMILES string of the molecule is [N-]=[N+]=NCCCOc1c(Br)cccc1[N+](=O)[O-]. The predicted molar refractivity (Wildman–Crippen MR) is 64.9 cm³/mol. The summed E-state index contributed by atoms with van der Waals surface area (Å²) in [5.74, 6) is 0.193. The normalized spacial score (nSPS) is 9.47. The first-order valence-corrected chi connectivity index (χ1v) is 5.52. The van der Waals surface area contributed by atoms with E-state index in [4.69, 9.17) is 10.3 Å². The molecule has 0 amide bonds. The van der Waals surface area contributed by atoms with Gasteiger partial charge in [-0.15, -0.1) is 0 Å². The Morgan fingerprint density at radius 3 is 3.00 bits per heavy atom. The number of para-hydroxylation sites is 1. The van der Waals surface area contributed by atoms with Crippen LogP contribution in [0, 0.1) is 10.1 Å². The molecule has 0 saturated heterocycles. The average molecular weight is 301 g/mol. The third kappa shape index (κ3) is 3.93. The molecular weight excluding hydrogens is 292 g/mol. The molecule has 8 heteroatoms. The maximum atomic E-state index is 10.7. The summed E-state index contributed by atoms with van der Waals surface area (Å²) in [4.78, 5) is 12.8. The number of ether oxygens (including phenoxy) is 1. The molecule has 0 unspecified atom stereocenters. The molecule has 1 aromatic carbocycles. The van der Waals surface area contributed by atoms with Crippen molar-refractivity contribution < 1.29 is 9.66 Å². The van der Waals surface area contributed by atoms with Gasteiger partial charge in [-0.3, -0.25) is 10.1 Å². The number of rotatable bonds is 6. The Morgan fingerprint density at radius 1 is 1.59 bits per heavy atom. The zero-order valence-corrected chi connectivity index (χ0v) is 10.3. The third-order valence-electron chi connectivity index (χ3n) is 1.85. The lowest BCUT2D eigenvalue weighted by molar-refractivity contribution is -0.386. The molecular formula is C9H9BrN4O3. The smallest absolute Gasteiger partial charge is 0.312 e. The van der Waals surface area contributed by atoms with Crippen molar-refractivity contribution in [3.05, 3.63) is 43.2 Å². The van der Waals surface area contributed by atoms with E-state index in [1.807, 2.05) is 0 Å². The zero-order valence-electron chi connectivity index (χ0n) is 8.74. The van der Waals surface area contributed by atoms with Gasteiger partial charge in [0.1, 0.15) is 0 Å². The lowest BCUT2D eigenvalue weighted by Crippen LogP contribution is -2.02. The molecule has 90 valence electrons. The summed E-state index contributed by atoms with van der Waals surface area (Å²) in [6, 6.07) is 4.60. The standard InChI is InChI=1S/C9H9BrN4O3/c10-7-3-1-4-8(14(15)16)9(7)17-6-2-5-12-13-11/h1,3-4H,2,5-6H2. The van der Waals surface area contributed by atoms with Crippen LogP contribution < -0.4 is 4.74 Å². The monoisotopic (exact) mass is 300 g/mol. The second kappa shape index (κ2) is 6.72. The molecule has 0 N–H and O–H groups in total. The third-order valence-corrected chi connectivity index (χ3v) is 2.48. The maximum absolute atomic E-state index is 10.7. The van der Waals surface area contributed by atoms with Crippen molar-refractivity contribution in [3.8, 4) is 5.75 Å². The fourth-order valence-corrected chi connectivity index (χ4v) is 1.61. The molecule has 0 radical (unpaired) electrons. The minimum Gasteiger partial charge on any atom is -0.486 e. The van der Waals surface area contributed by atoms with E-state index < -0.39 is 4.92 Å². The number of nitro benzene ring substituents is 1. The van der Waals surface area contributed by atoms with Gasteiger partial charge >= 0.3 is 5.69 Å². The highest BCUT2D eigenvalue weighted by molar-refractivity contribution is 9.10. The van der Waals surface area contributed by atoms with Gasteiger partial charge in [-0.1, -0.05) is 11.2 Å². The summed E-state index contributed by atoms with van der Waals surface area (Å²) in [6.45, 7) is 0.553. The molecule has 0 aliphatic rings. The molecule has 1 rings (SSSR count). The van der Waals surface area contributed by atoms with Gasteiger partial charge in [0.15, 0.2) is 0 Å². The molecule has 0 aliphatic heterocycles. The van der Waals surface area contributed by atoms with Crippen LogP contribution in [0.5, 0.6) is 5.75 Å². The van der Waals surface area contributed by atoms with Gasteiger partial charge in [0, 0.05) is 17.5 Å². The van der Waals surface area contributed by atoms with Crippen LogP contribution in [0.2, 0.25) is 0 Å². The lowest BCUT2D eigenvalue weighted by Gasteiger charge is -2.07. The van der Waals surface area contributed by atoms with Crippen molar-refractivity contribution in [2.24, 2.45) is 5.11 Å². The Kier molecular flexibility index (Phi) is 5.25. The number of hydrogen-bond donors (Lipinski definition) is 0. The second-order valence-electron chi connectivity index (χ2n) is 3.00.